The van der Waals surface area contributed by atoms with Crippen molar-refractivity contribution in [1.29, 1.82) is 0 Å². The van der Waals surface area contributed by atoms with Crippen molar-refractivity contribution in [2.45, 2.75) is 19.8 Å². The topological polar surface area (TPSA) is 81.5 Å². The number of amides is 1. The fourth-order valence-corrected chi connectivity index (χ4v) is 1.61. The number of hydrogen-bond acceptors (Lipinski definition) is 4. The second-order valence-corrected chi connectivity index (χ2v) is 4.66. The van der Waals surface area contributed by atoms with Crippen molar-refractivity contribution in [2.75, 3.05) is 12.4 Å². The highest BCUT2D eigenvalue weighted by molar-refractivity contribution is 5.97. The molecule has 18 heavy (non-hydrogen) atoms. The fourth-order valence-electron chi connectivity index (χ4n) is 1.61. The molecule has 0 heterocycles. The first-order valence-corrected chi connectivity index (χ1v) is 5.60. The maximum atomic E-state index is 11.8. The summed E-state index contributed by atoms with van der Waals surface area (Å²) in [5, 5.41) is 13.5. The van der Waals surface area contributed by atoms with Crippen LogP contribution in [0.3, 0.4) is 0 Å². The van der Waals surface area contributed by atoms with E-state index in [4.69, 9.17) is 4.74 Å². The molecular weight excluding hydrogens is 236 g/mol. The summed E-state index contributed by atoms with van der Waals surface area (Å²) >= 11 is 0. The molecule has 0 unspecified atom stereocenters. The zero-order chi connectivity index (χ0) is 13.3. The van der Waals surface area contributed by atoms with Gasteiger partial charge in [-0.05, 0) is 25.0 Å². The number of methoxy groups -OCH3 is 1. The number of carbonyl (C=O) groups is 1. The Kier molecular flexibility index (Phi) is 2.94. The van der Waals surface area contributed by atoms with Gasteiger partial charge in [-0.25, -0.2) is 0 Å². The van der Waals surface area contributed by atoms with Crippen molar-refractivity contribution in [1.82, 2.24) is 0 Å². The number of benzene rings is 1. The smallest absolute Gasteiger partial charge is 0.312 e. The lowest BCUT2D eigenvalue weighted by atomic mass is 10.1. The number of nitrogens with one attached hydrogen (secondary N) is 1. The second kappa shape index (κ2) is 4.29. The van der Waals surface area contributed by atoms with Crippen LogP contribution in [0.2, 0.25) is 0 Å². The standard InChI is InChI=1S/C12H14N2O4/c1-12(5-6-12)11(15)13-8-3-4-10(18-2)9(7-8)14(16)17/h3-4,7H,5-6H2,1-2H3,(H,13,15). The Labute approximate surface area is 104 Å². The summed E-state index contributed by atoms with van der Waals surface area (Å²) in [6.45, 7) is 1.88. The van der Waals surface area contributed by atoms with E-state index in [9.17, 15) is 14.9 Å². The molecule has 1 aliphatic rings. The molecule has 1 aliphatic carbocycles. The number of ether oxygens (including phenoxy) is 1. The number of nitro benzene ring substituents is 1. The number of carbonyl (C=O) groups excluding carboxylic acids is 1. The predicted molar refractivity (Wildman–Crippen MR) is 65.6 cm³/mol. The lowest BCUT2D eigenvalue weighted by molar-refractivity contribution is -0.385. The predicted octanol–water partition coefficient (Wildman–Crippen LogP) is 2.34. The molecular formula is C12H14N2O4. The van der Waals surface area contributed by atoms with Crippen LogP contribution in [0.15, 0.2) is 18.2 Å². The van der Waals surface area contributed by atoms with E-state index in [0.717, 1.165) is 12.8 Å². The molecule has 0 bridgehead atoms. The van der Waals surface area contributed by atoms with E-state index in [1.807, 2.05) is 6.92 Å². The summed E-state index contributed by atoms with van der Waals surface area (Å²) in [5.74, 6) is 0.0811. The summed E-state index contributed by atoms with van der Waals surface area (Å²) in [5.41, 5.74) is -0.0498. The van der Waals surface area contributed by atoms with Gasteiger partial charge >= 0.3 is 5.69 Å². The van der Waals surface area contributed by atoms with Gasteiger partial charge in [0.1, 0.15) is 0 Å². The Morgan fingerprint density at radius 3 is 2.67 bits per heavy atom. The first kappa shape index (κ1) is 12.3. The zero-order valence-corrected chi connectivity index (χ0v) is 10.2. The maximum Gasteiger partial charge on any atom is 0.312 e. The van der Waals surface area contributed by atoms with Crippen LogP contribution in [0.4, 0.5) is 11.4 Å². The number of nitro groups is 1. The molecule has 1 amide bonds. The van der Waals surface area contributed by atoms with Gasteiger partial charge in [-0.3, -0.25) is 14.9 Å². The van der Waals surface area contributed by atoms with Gasteiger partial charge in [-0.15, -0.1) is 0 Å². The van der Waals surface area contributed by atoms with E-state index in [-0.39, 0.29) is 22.8 Å². The molecule has 0 atom stereocenters. The summed E-state index contributed by atoms with van der Waals surface area (Å²) in [6, 6.07) is 4.38. The lowest BCUT2D eigenvalue weighted by Gasteiger charge is -2.10. The van der Waals surface area contributed by atoms with Crippen LogP contribution < -0.4 is 10.1 Å². The molecule has 0 spiro atoms. The van der Waals surface area contributed by atoms with Crippen molar-refractivity contribution in [2.24, 2.45) is 5.41 Å². The Balaban J connectivity index is 2.21. The Morgan fingerprint density at radius 2 is 2.17 bits per heavy atom. The third kappa shape index (κ3) is 2.27. The van der Waals surface area contributed by atoms with Gasteiger partial charge in [0.25, 0.3) is 0 Å². The summed E-state index contributed by atoms with van der Waals surface area (Å²) in [6.07, 6.45) is 1.72. The highest BCUT2D eigenvalue weighted by atomic mass is 16.6. The monoisotopic (exact) mass is 250 g/mol. The molecule has 0 aromatic heterocycles. The van der Waals surface area contributed by atoms with E-state index in [2.05, 4.69) is 5.32 Å². The summed E-state index contributed by atoms with van der Waals surface area (Å²) < 4.78 is 4.89. The maximum absolute atomic E-state index is 11.8. The van der Waals surface area contributed by atoms with Gasteiger partial charge in [0, 0.05) is 17.2 Å². The van der Waals surface area contributed by atoms with E-state index in [1.54, 1.807) is 6.07 Å². The van der Waals surface area contributed by atoms with E-state index >= 15 is 0 Å². The molecule has 6 heteroatoms. The Bertz CT molecular complexity index is 509. The lowest BCUT2D eigenvalue weighted by Crippen LogP contribution is -2.21. The van der Waals surface area contributed by atoms with Gasteiger partial charge in [-0.2, -0.15) is 0 Å². The van der Waals surface area contributed by atoms with E-state index < -0.39 is 4.92 Å². The average Bonchev–Trinajstić information content (AvgIpc) is 3.08. The fraction of sp³-hybridized carbons (Fsp3) is 0.417. The quantitative estimate of drug-likeness (QED) is 0.656. The Morgan fingerprint density at radius 1 is 1.50 bits per heavy atom. The molecule has 96 valence electrons. The molecule has 0 radical (unpaired) electrons. The van der Waals surface area contributed by atoms with Crippen molar-refractivity contribution < 1.29 is 14.5 Å². The molecule has 6 nitrogen and oxygen atoms in total. The minimum atomic E-state index is -0.534. The van der Waals surface area contributed by atoms with Crippen molar-refractivity contribution in [3.05, 3.63) is 28.3 Å². The molecule has 1 fully saturated rings. The SMILES string of the molecule is COc1ccc(NC(=O)C2(C)CC2)cc1[N+](=O)[O-]. The summed E-state index contributed by atoms with van der Waals surface area (Å²) in [4.78, 5) is 22.1. The van der Waals surface area contributed by atoms with Crippen LogP contribution in [-0.4, -0.2) is 17.9 Å². The van der Waals surface area contributed by atoms with Gasteiger partial charge < -0.3 is 10.1 Å². The first-order chi connectivity index (χ1) is 8.46. The van der Waals surface area contributed by atoms with E-state index in [1.165, 1.54) is 19.2 Å². The average molecular weight is 250 g/mol. The third-order valence-corrected chi connectivity index (χ3v) is 3.18. The molecule has 0 saturated heterocycles. The molecule has 0 aliphatic heterocycles. The Hall–Kier alpha value is -2.11. The minimum absolute atomic E-state index is 0.0954. The van der Waals surface area contributed by atoms with Crippen LogP contribution in [0.5, 0.6) is 5.75 Å². The number of nitrogens with zero attached hydrogens (tertiary/aromatic N) is 1. The van der Waals surface area contributed by atoms with Crippen molar-refractivity contribution >= 4 is 17.3 Å². The van der Waals surface area contributed by atoms with Gasteiger partial charge in [0.05, 0.1) is 12.0 Å². The molecule has 1 N–H and O–H groups in total. The molecule has 1 saturated carbocycles. The van der Waals surface area contributed by atoms with Crippen LogP contribution in [0, 0.1) is 15.5 Å². The van der Waals surface area contributed by atoms with Crippen LogP contribution in [0.25, 0.3) is 0 Å². The highest BCUT2D eigenvalue weighted by Crippen LogP contribution is 2.46. The van der Waals surface area contributed by atoms with Crippen LogP contribution in [-0.2, 0) is 4.79 Å². The van der Waals surface area contributed by atoms with Crippen molar-refractivity contribution in [3.63, 3.8) is 0 Å². The van der Waals surface area contributed by atoms with Gasteiger partial charge in [0.15, 0.2) is 5.75 Å². The normalized spacial score (nSPS) is 15.9. The van der Waals surface area contributed by atoms with Crippen LogP contribution >= 0.6 is 0 Å². The third-order valence-electron chi connectivity index (χ3n) is 3.18. The largest absolute Gasteiger partial charge is 0.490 e. The summed E-state index contributed by atoms with van der Waals surface area (Å²) in [7, 11) is 1.37. The number of hydrogen-bond donors (Lipinski definition) is 1. The van der Waals surface area contributed by atoms with Gasteiger partial charge in [0.2, 0.25) is 5.91 Å². The van der Waals surface area contributed by atoms with Crippen LogP contribution in [0.1, 0.15) is 19.8 Å². The molecule has 1 aromatic carbocycles. The zero-order valence-electron chi connectivity index (χ0n) is 10.2. The van der Waals surface area contributed by atoms with Gasteiger partial charge in [-0.1, -0.05) is 6.92 Å². The van der Waals surface area contributed by atoms with Crippen molar-refractivity contribution in [3.8, 4) is 5.75 Å². The molecule has 2 rings (SSSR count). The number of rotatable bonds is 4. The first-order valence-electron chi connectivity index (χ1n) is 5.60. The number of anilines is 1. The highest BCUT2D eigenvalue weighted by Gasteiger charge is 2.44. The minimum Gasteiger partial charge on any atom is -0.490 e. The molecule has 1 aromatic rings. The van der Waals surface area contributed by atoms with E-state index in [0.29, 0.717) is 5.69 Å². The second-order valence-electron chi connectivity index (χ2n) is 4.66.